The molecule has 7 heteroatoms. The molecule has 116 valence electrons. The van der Waals surface area contributed by atoms with Crippen molar-refractivity contribution in [3.8, 4) is 0 Å². The molecule has 1 aliphatic carbocycles. The molecule has 0 aliphatic heterocycles. The Morgan fingerprint density at radius 2 is 1.86 bits per heavy atom. The highest BCUT2D eigenvalue weighted by Gasteiger charge is 2.33. The van der Waals surface area contributed by atoms with Crippen LogP contribution in [0.2, 0.25) is 0 Å². The first-order valence-electron chi connectivity index (χ1n) is 6.97. The molecule has 0 amide bonds. The fourth-order valence-corrected chi connectivity index (χ4v) is 2.09. The van der Waals surface area contributed by atoms with Crippen molar-refractivity contribution in [2.75, 3.05) is 10.6 Å². The third-order valence-electron chi connectivity index (χ3n) is 3.26. The molecule has 1 fully saturated rings. The van der Waals surface area contributed by atoms with Crippen LogP contribution in [-0.2, 0) is 6.18 Å². The van der Waals surface area contributed by atoms with Crippen LogP contribution in [0.4, 0.5) is 30.6 Å². The zero-order valence-electron chi connectivity index (χ0n) is 11.9. The summed E-state index contributed by atoms with van der Waals surface area (Å²) >= 11 is 0. The minimum atomic E-state index is -4.43. The third-order valence-corrected chi connectivity index (χ3v) is 3.26. The standard InChI is InChI=1S/C15H15F3N4/c1-9-8-13(20-10-6-7-10)22-14(19-9)21-12-5-3-2-4-11(12)15(16,17)18/h2-5,8,10H,6-7H2,1H3,(H2,19,20,21,22). The van der Waals surface area contributed by atoms with E-state index >= 15 is 0 Å². The first-order chi connectivity index (χ1) is 10.4. The minimum absolute atomic E-state index is 0.0574. The van der Waals surface area contributed by atoms with E-state index in [1.54, 1.807) is 13.0 Å². The summed E-state index contributed by atoms with van der Waals surface area (Å²) in [6.45, 7) is 1.78. The van der Waals surface area contributed by atoms with Crippen LogP contribution in [0.25, 0.3) is 0 Å². The first-order valence-corrected chi connectivity index (χ1v) is 6.97. The van der Waals surface area contributed by atoms with Gasteiger partial charge in [0, 0.05) is 17.8 Å². The molecule has 2 aromatic rings. The van der Waals surface area contributed by atoms with E-state index in [0.717, 1.165) is 18.9 Å². The monoisotopic (exact) mass is 308 g/mol. The molecular formula is C15H15F3N4. The Morgan fingerprint density at radius 3 is 2.55 bits per heavy atom. The van der Waals surface area contributed by atoms with Gasteiger partial charge in [0.2, 0.25) is 5.95 Å². The molecule has 1 heterocycles. The average molecular weight is 308 g/mol. The zero-order chi connectivity index (χ0) is 15.7. The summed E-state index contributed by atoms with van der Waals surface area (Å²) in [6, 6.07) is 7.47. The van der Waals surface area contributed by atoms with Gasteiger partial charge in [-0.3, -0.25) is 0 Å². The first kappa shape index (κ1) is 14.6. The maximum Gasteiger partial charge on any atom is 0.418 e. The van der Waals surface area contributed by atoms with Crippen molar-refractivity contribution >= 4 is 17.5 Å². The van der Waals surface area contributed by atoms with Gasteiger partial charge in [0.25, 0.3) is 0 Å². The van der Waals surface area contributed by atoms with E-state index < -0.39 is 11.7 Å². The van der Waals surface area contributed by atoms with Crippen LogP contribution in [0, 0.1) is 6.92 Å². The molecule has 22 heavy (non-hydrogen) atoms. The van der Waals surface area contributed by atoms with E-state index in [1.165, 1.54) is 18.2 Å². The van der Waals surface area contributed by atoms with E-state index in [0.29, 0.717) is 17.6 Å². The number of benzene rings is 1. The van der Waals surface area contributed by atoms with Crippen molar-refractivity contribution in [2.45, 2.75) is 32.0 Å². The van der Waals surface area contributed by atoms with E-state index in [9.17, 15) is 13.2 Å². The minimum Gasteiger partial charge on any atom is -0.367 e. The topological polar surface area (TPSA) is 49.8 Å². The van der Waals surface area contributed by atoms with E-state index in [-0.39, 0.29) is 11.6 Å². The second-order valence-corrected chi connectivity index (χ2v) is 5.31. The lowest BCUT2D eigenvalue weighted by molar-refractivity contribution is -0.136. The van der Waals surface area contributed by atoms with Crippen LogP contribution in [-0.4, -0.2) is 16.0 Å². The molecule has 0 radical (unpaired) electrons. The highest BCUT2D eigenvalue weighted by atomic mass is 19.4. The van der Waals surface area contributed by atoms with E-state index in [4.69, 9.17) is 0 Å². The molecule has 0 saturated heterocycles. The fourth-order valence-electron chi connectivity index (χ4n) is 2.09. The second kappa shape index (κ2) is 5.47. The van der Waals surface area contributed by atoms with Crippen molar-refractivity contribution < 1.29 is 13.2 Å². The van der Waals surface area contributed by atoms with Gasteiger partial charge in [-0.05, 0) is 31.9 Å². The van der Waals surface area contributed by atoms with Crippen LogP contribution in [0.5, 0.6) is 0 Å². The molecule has 0 bridgehead atoms. The summed E-state index contributed by atoms with van der Waals surface area (Å²) in [6.07, 6.45) is -2.26. The normalized spacial score (nSPS) is 14.7. The molecule has 1 aromatic carbocycles. The maximum absolute atomic E-state index is 13.0. The number of para-hydroxylation sites is 1. The molecule has 0 unspecified atom stereocenters. The zero-order valence-corrected chi connectivity index (χ0v) is 11.9. The number of aryl methyl sites for hydroxylation is 1. The summed E-state index contributed by atoms with van der Waals surface area (Å²) in [5.74, 6) is 0.779. The molecule has 3 rings (SSSR count). The Morgan fingerprint density at radius 1 is 1.14 bits per heavy atom. The summed E-state index contributed by atoms with van der Waals surface area (Å²) in [7, 11) is 0. The highest BCUT2D eigenvalue weighted by molar-refractivity contribution is 5.60. The fraction of sp³-hybridized carbons (Fsp3) is 0.333. The van der Waals surface area contributed by atoms with Gasteiger partial charge >= 0.3 is 6.18 Å². The summed E-state index contributed by atoms with van der Waals surface area (Å²) in [4.78, 5) is 8.38. The molecule has 0 spiro atoms. The molecule has 2 N–H and O–H groups in total. The summed E-state index contributed by atoms with van der Waals surface area (Å²) < 4.78 is 39.0. The number of halogens is 3. The van der Waals surface area contributed by atoms with Crippen molar-refractivity contribution in [1.29, 1.82) is 0 Å². The van der Waals surface area contributed by atoms with Gasteiger partial charge in [-0.1, -0.05) is 12.1 Å². The predicted octanol–water partition coefficient (Wildman–Crippen LogP) is 4.12. The van der Waals surface area contributed by atoms with Gasteiger partial charge in [0.15, 0.2) is 0 Å². The van der Waals surface area contributed by atoms with Gasteiger partial charge in [-0.15, -0.1) is 0 Å². The lowest BCUT2D eigenvalue weighted by Crippen LogP contribution is -2.11. The van der Waals surface area contributed by atoms with Crippen LogP contribution >= 0.6 is 0 Å². The second-order valence-electron chi connectivity index (χ2n) is 5.31. The number of nitrogens with zero attached hydrogens (tertiary/aromatic N) is 2. The summed E-state index contributed by atoms with van der Waals surface area (Å²) in [5, 5.41) is 5.89. The lowest BCUT2D eigenvalue weighted by atomic mass is 10.1. The molecular weight excluding hydrogens is 293 g/mol. The van der Waals surface area contributed by atoms with Crippen LogP contribution in [0.15, 0.2) is 30.3 Å². The van der Waals surface area contributed by atoms with Crippen molar-refractivity contribution in [1.82, 2.24) is 9.97 Å². The van der Waals surface area contributed by atoms with Gasteiger partial charge in [-0.25, -0.2) is 4.98 Å². The van der Waals surface area contributed by atoms with Gasteiger partial charge in [0.1, 0.15) is 5.82 Å². The maximum atomic E-state index is 13.0. The predicted molar refractivity (Wildman–Crippen MR) is 78.1 cm³/mol. The number of alkyl halides is 3. The SMILES string of the molecule is Cc1cc(NC2CC2)nc(Nc2ccccc2C(F)(F)F)n1. The van der Waals surface area contributed by atoms with Crippen LogP contribution in [0.3, 0.4) is 0 Å². The van der Waals surface area contributed by atoms with Gasteiger partial charge in [-0.2, -0.15) is 18.2 Å². The highest BCUT2D eigenvalue weighted by Crippen LogP contribution is 2.35. The van der Waals surface area contributed by atoms with E-state index in [1.807, 2.05) is 0 Å². The lowest BCUT2D eigenvalue weighted by Gasteiger charge is -2.14. The van der Waals surface area contributed by atoms with E-state index in [2.05, 4.69) is 20.6 Å². The van der Waals surface area contributed by atoms with Gasteiger partial charge < -0.3 is 10.6 Å². The Balaban J connectivity index is 1.88. The molecule has 1 aromatic heterocycles. The van der Waals surface area contributed by atoms with Crippen LogP contribution < -0.4 is 10.6 Å². The number of aromatic nitrogens is 2. The quantitative estimate of drug-likeness (QED) is 0.892. The summed E-state index contributed by atoms with van der Waals surface area (Å²) in [5.41, 5.74) is -0.111. The molecule has 0 atom stereocenters. The number of hydrogen-bond acceptors (Lipinski definition) is 4. The van der Waals surface area contributed by atoms with Crippen LogP contribution in [0.1, 0.15) is 24.1 Å². The number of hydrogen-bond donors (Lipinski definition) is 2. The molecule has 1 saturated carbocycles. The smallest absolute Gasteiger partial charge is 0.367 e. The molecule has 1 aliphatic rings. The Bertz CT molecular complexity index is 681. The Hall–Kier alpha value is -2.31. The number of nitrogens with one attached hydrogen (secondary N) is 2. The Kier molecular flexibility index (Phi) is 3.64. The Labute approximate surface area is 125 Å². The van der Waals surface area contributed by atoms with Gasteiger partial charge in [0.05, 0.1) is 11.3 Å². The van der Waals surface area contributed by atoms with Crippen molar-refractivity contribution in [3.05, 3.63) is 41.6 Å². The molecule has 4 nitrogen and oxygen atoms in total. The van der Waals surface area contributed by atoms with Crippen molar-refractivity contribution in [2.24, 2.45) is 0 Å². The number of rotatable bonds is 4. The largest absolute Gasteiger partial charge is 0.418 e. The average Bonchev–Trinajstić information content (AvgIpc) is 3.21. The van der Waals surface area contributed by atoms with Crippen molar-refractivity contribution in [3.63, 3.8) is 0 Å². The number of anilines is 3. The third kappa shape index (κ3) is 3.47.